The van der Waals surface area contributed by atoms with Gasteiger partial charge in [0, 0.05) is 50.6 Å². The van der Waals surface area contributed by atoms with Gasteiger partial charge in [-0.3, -0.25) is 33.6 Å². The molecule has 1 aromatic rings. The van der Waals surface area contributed by atoms with Crippen molar-refractivity contribution in [3.8, 4) is 0 Å². The topological polar surface area (TPSA) is 204 Å². The van der Waals surface area contributed by atoms with Gasteiger partial charge in [-0.1, -0.05) is 0 Å². The average molecular weight is 573 g/mol. The predicted molar refractivity (Wildman–Crippen MR) is 136 cm³/mol. The van der Waals surface area contributed by atoms with E-state index >= 15 is 0 Å². The van der Waals surface area contributed by atoms with Crippen molar-refractivity contribution in [2.45, 2.75) is 58.2 Å². The first-order valence-corrected chi connectivity index (χ1v) is 12.3. The second-order valence-corrected chi connectivity index (χ2v) is 9.08. The number of carbonyl (C=O) groups excluding carboxylic acids is 7. The number of benzene rings is 1. The number of ketones is 2. The number of hydrogen-bond acceptors (Lipinski definition) is 13. The molecule has 1 heterocycles. The van der Waals surface area contributed by atoms with Crippen molar-refractivity contribution in [1.29, 1.82) is 0 Å². The van der Waals surface area contributed by atoms with Crippen LogP contribution in [0, 0.1) is 0 Å². The fraction of sp³-hybridized carbons (Fsp3) is 0.370. The number of anilines is 1. The zero-order valence-corrected chi connectivity index (χ0v) is 22.5. The highest BCUT2D eigenvalue weighted by Crippen LogP contribution is 2.34. The molecule has 1 aromatic carbocycles. The number of hydrogen-bond donors (Lipinski definition) is 2. The minimum absolute atomic E-state index is 0.176. The maximum atomic E-state index is 13.2. The van der Waals surface area contributed by atoms with E-state index in [9.17, 15) is 33.6 Å². The smallest absolute Gasteiger partial charge is 0.303 e. The van der Waals surface area contributed by atoms with Crippen LogP contribution in [-0.4, -0.2) is 78.5 Å². The SMILES string of the molecule is CC(=O)OC[C@H]1O[C@@H](C2=CC(=O)C(NC(=O)c3ccc(N)cc3)=CC2=O)[C@H](OC(C)=O)[C@@H](OC(C)=O)[C@@H]1OC(C)=O. The van der Waals surface area contributed by atoms with Gasteiger partial charge >= 0.3 is 23.9 Å². The summed E-state index contributed by atoms with van der Waals surface area (Å²) < 4.78 is 27.0. The number of allylic oxidation sites excluding steroid dienone is 2. The van der Waals surface area contributed by atoms with Crippen LogP contribution in [0.3, 0.4) is 0 Å². The van der Waals surface area contributed by atoms with Gasteiger partial charge in [0.15, 0.2) is 24.1 Å². The lowest BCUT2D eigenvalue weighted by atomic mass is 9.86. The van der Waals surface area contributed by atoms with Crippen LogP contribution in [0.25, 0.3) is 0 Å². The minimum Gasteiger partial charge on any atom is -0.463 e. The van der Waals surface area contributed by atoms with E-state index in [0.717, 1.165) is 39.8 Å². The molecule has 1 aliphatic heterocycles. The Morgan fingerprint density at radius 3 is 1.90 bits per heavy atom. The Morgan fingerprint density at radius 1 is 0.780 bits per heavy atom. The number of nitrogens with two attached hydrogens (primary N) is 1. The number of nitrogen functional groups attached to an aromatic ring is 1. The monoisotopic (exact) mass is 572 g/mol. The summed E-state index contributed by atoms with van der Waals surface area (Å²) in [5.74, 6) is -5.55. The molecule has 1 fully saturated rings. The van der Waals surface area contributed by atoms with E-state index in [0.29, 0.717) is 5.69 Å². The van der Waals surface area contributed by atoms with Crippen LogP contribution in [0.15, 0.2) is 47.7 Å². The number of ether oxygens (including phenoxy) is 5. The van der Waals surface area contributed by atoms with Gasteiger partial charge < -0.3 is 34.7 Å². The van der Waals surface area contributed by atoms with Crippen molar-refractivity contribution in [3.05, 3.63) is 53.3 Å². The first-order valence-electron chi connectivity index (χ1n) is 12.3. The molecular formula is C27H28N2O12. The Morgan fingerprint density at radius 2 is 1.34 bits per heavy atom. The summed E-state index contributed by atoms with van der Waals surface area (Å²) in [5, 5.41) is 2.36. The molecule has 0 radical (unpaired) electrons. The standard InChI is InChI=1S/C27H28N2O12/c1-12(30)37-11-22-24(38-13(2)31)26(40-15(4)33)25(39-14(3)32)23(41-22)18-9-21(35)19(10-20(18)34)29-27(36)16-5-7-17(28)8-6-16/h5-10,22-26H,11,28H2,1-4H3,(H,29,36)/t22-,23+,24-,25+,26+/m1/s1. The molecule has 0 aromatic heterocycles. The van der Waals surface area contributed by atoms with E-state index in [2.05, 4.69) is 5.32 Å². The number of carbonyl (C=O) groups is 7. The summed E-state index contributed by atoms with van der Waals surface area (Å²) in [7, 11) is 0. The van der Waals surface area contributed by atoms with Gasteiger partial charge in [-0.2, -0.15) is 0 Å². The summed E-state index contributed by atoms with van der Waals surface area (Å²) >= 11 is 0. The molecule has 0 saturated carbocycles. The van der Waals surface area contributed by atoms with Crippen molar-refractivity contribution in [1.82, 2.24) is 5.32 Å². The first kappa shape index (κ1) is 30.7. The second kappa shape index (κ2) is 13.0. The Hall–Kier alpha value is -4.85. The van der Waals surface area contributed by atoms with Gasteiger partial charge in [0.2, 0.25) is 5.78 Å². The number of amides is 1. The Labute approximate surface area is 233 Å². The highest BCUT2D eigenvalue weighted by atomic mass is 16.7. The lowest BCUT2D eigenvalue weighted by Gasteiger charge is -2.45. The van der Waals surface area contributed by atoms with Crippen LogP contribution >= 0.6 is 0 Å². The summed E-state index contributed by atoms with van der Waals surface area (Å²) in [4.78, 5) is 86.2. The molecule has 14 heteroatoms. The van der Waals surface area contributed by atoms with Gasteiger partial charge in [0.25, 0.3) is 5.91 Å². The van der Waals surface area contributed by atoms with Gasteiger partial charge in [0.1, 0.15) is 18.8 Å². The highest BCUT2D eigenvalue weighted by Gasteiger charge is 2.54. The third-order valence-electron chi connectivity index (χ3n) is 5.83. The molecule has 0 unspecified atom stereocenters. The van der Waals surface area contributed by atoms with Gasteiger partial charge in [-0.15, -0.1) is 0 Å². The van der Waals surface area contributed by atoms with Crippen LogP contribution < -0.4 is 11.1 Å². The molecule has 14 nitrogen and oxygen atoms in total. The fourth-order valence-electron chi connectivity index (χ4n) is 4.20. The molecule has 0 bridgehead atoms. The van der Waals surface area contributed by atoms with Crippen molar-refractivity contribution in [2.75, 3.05) is 12.3 Å². The summed E-state index contributed by atoms with van der Waals surface area (Å²) in [6, 6.07) is 5.83. The fourth-order valence-corrected chi connectivity index (χ4v) is 4.20. The molecule has 1 aliphatic carbocycles. The lowest BCUT2D eigenvalue weighted by Crippen LogP contribution is -2.63. The van der Waals surface area contributed by atoms with Gasteiger partial charge in [-0.25, -0.2) is 0 Å². The van der Waals surface area contributed by atoms with E-state index < -0.39 is 78.5 Å². The summed E-state index contributed by atoms with van der Waals surface area (Å²) in [5.41, 5.74) is 5.55. The number of nitrogens with one attached hydrogen (secondary N) is 1. The van der Waals surface area contributed by atoms with Crippen LogP contribution in [0.4, 0.5) is 5.69 Å². The van der Waals surface area contributed by atoms with E-state index in [1.54, 1.807) is 0 Å². The molecule has 3 N–H and O–H groups in total. The molecular weight excluding hydrogens is 544 g/mol. The first-order chi connectivity index (χ1) is 19.3. The molecule has 3 rings (SSSR count). The molecule has 218 valence electrons. The normalized spacial score (nSPS) is 23.9. The number of rotatable bonds is 8. The molecule has 1 saturated heterocycles. The quantitative estimate of drug-likeness (QED) is 0.184. The zero-order chi connectivity index (χ0) is 30.4. The largest absolute Gasteiger partial charge is 0.463 e. The molecule has 2 aliphatic rings. The Kier molecular flexibility index (Phi) is 9.73. The van der Waals surface area contributed by atoms with Crippen LogP contribution in [0.2, 0.25) is 0 Å². The van der Waals surface area contributed by atoms with Gasteiger partial charge in [0.05, 0.1) is 5.70 Å². The Balaban J connectivity index is 1.98. The molecule has 5 atom stereocenters. The third-order valence-corrected chi connectivity index (χ3v) is 5.83. The van der Waals surface area contributed by atoms with Crippen molar-refractivity contribution >= 4 is 47.0 Å². The highest BCUT2D eigenvalue weighted by molar-refractivity contribution is 6.21. The van der Waals surface area contributed by atoms with Crippen LogP contribution in [-0.2, 0) is 52.5 Å². The maximum Gasteiger partial charge on any atom is 0.303 e. The lowest BCUT2D eigenvalue weighted by molar-refractivity contribution is -0.246. The van der Waals surface area contributed by atoms with Crippen molar-refractivity contribution < 1.29 is 57.2 Å². The van der Waals surface area contributed by atoms with Crippen LogP contribution in [0.5, 0.6) is 0 Å². The minimum atomic E-state index is -1.57. The third kappa shape index (κ3) is 7.85. The van der Waals surface area contributed by atoms with E-state index in [1.165, 1.54) is 24.3 Å². The molecule has 41 heavy (non-hydrogen) atoms. The van der Waals surface area contributed by atoms with E-state index in [1.807, 2.05) is 0 Å². The van der Waals surface area contributed by atoms with E-state index in [-0.39, 0.29) is 16.8 Å². The summed E-state index contributed by atoms with van der Waals surface area (Å²) in [6.45, 7) is 3.76. The molecule has 1 amide bonds. The second-order valence-electron chi connectivity index (χ2n) is 9.08. The number of esters is 4. The van der Waals surface area contributed by atoms with Crippen molar-refractivity contribution in [3.63, 3.8) is 0 Å². The van der Waals surface area contributed by atoms with Gasteiger partial charge in [-0.05, 0) is 30.3 Å². The van der Waals surface area contributed by atoms with Crippen molar-refractivity contribution in [2.24, 2.45) is 0 Å². The maximum absolute atomic E-state index is 13.2. The Bertz CT molecular complexity index is 1330. The van der Waals surface area contributed by atoms with Crippen LogP contribution in [0.1, 0.15) is 38.1 Å². The predicted octanol–water partition coefficient (Wildman–Crippen LogP) is 0.0863. The van der Waals surface area contributed by atoms with E-state index in [4.69, 9.17) is 29.4 Å². The zero-order valence-electron chi connectivity index (χ0n) is 22.5. The summed E-state index contributed by atoms with van der Waals surface area (Å²) in [6.07, 6.45) is -5.66. The average Bonchev–Trinajstić information content (AvgIpc) is 2.87. The molecule has 0 spiro atoms.